The molecule has 0 aliphatic carbocycles. The lowest BCUT2D eigenvalue weighted by molar-refractivity contribution is -0.132. The predicted octanol–water partition coefficient (Wildman–Crippen LogP) is 1.75. The summed E-state index contributed by atoms with van der Waals surface area (Å²) in [6, 6.07) is 7.03. The molecule has 138 valence electrons. The van der Waals surface area contributed by atoms with Gasteiger partial charge < -0.3 is 19.9 Å². The van der Waals surface area contributed by atoms with Crippen LogP contribution in [0.5, 0.6) is 5.75 Å². The Bertz CT molecular complexity index is 847. The lowest BCUT2D eigenvalue weighted by Gasteiger charge is -2.32. The topological polar surface area (TPSA) is 80.7 Å². The van der Waals surface area contributed by atoms with Crippen LogP contribution in [0.3, 0.4) is 0 Å². The predicted molar refractivity (Wildman–Crippen MR) is 103 cm³/mol. The largest absolute Gasteiger partial charge is 0.468 e. The molecule has 2 aromatic rings. The van der Waals surface area contributed by atoms with Crippen molar-refractivity contribution in [3.05, 3.63) is 36.0 Å². The number of ether oxygens (including phenoxy) is 2. The number of benzene rings is 1. The van der Waals surface area contributed by atoms with Crippen molar-refractivity contribution >= 4 is 29.4 Å². The molecule has 0 aliphatic rings. The van der Waals surface area contributed by atoms with Gasteiger partial charge in [-0.3, -0.25) is 9.78 Å². The SMILES string of the molecule is C#Cc1cnc2ccc(OC(C)(S)C(=O)NC(C)(CO)COC)cc2c1. The number of thiol groups is 1. The van der Waals surface area contributed by atoms with Gasteiger partial charge in [0.2, 0.25) is 4.93 Å². The highest BCUT2D eigenvalue weighted by Crippen LogP contribution is 2.26. The van der Waals surface area contributed by atoms with E-state index in [2.05, 4.69) is 28.8 Å². The van der Waals surface area contributed by atoms with Crippen LogP contribution < -0.4 is 10.1 Å². The standard InChI is InChI=1S/C19H22N2O4S/c1-5-13-8-14-9-15(6-7-16(14)20-10-13)25-19(3,26)17(23)21-18(2,11-22)12-24-4/h1,6-10,22,26H,11-12H2,2-4H3,(H,21,23). The Morgan fingerprint density at radius 3 is 2.77 bits per heavy atom. The fourth-order valence-corrected chi connectivity index (χ4v) is 2.52. The van der Waals surface area contributed by atoms with Crippen LogP contribution in [0.4, 0.5) is 0 Å². The highest BCUT2D eigenvalue weighted by Gasteiger charge is 2.36. The summed E-state index contributed by atoms with van der Waals surface area (Å²) >= 11 is 4.34. The van der Waals surface area contributed by atoms with Crippen molar-refractivity contribution in [2.24, 2.45) is 0 Å². The molecule has 2 unspecified atom stereocenters. The molecule has 0 saturated heterocycles. The van der Waals surface area contributed by atoms with Crippen molar-refractivity contribution in [3.8, 4) is 18.1 Å². The van der Waals surface area contributed by atoms with E-state index in [0.29, 0.717) is 11.3 Å². The first-order valence-corrected chi connectivity index (χ1v) is 8.38. The summed E-state index contributed by atoms with van der Waals surface area (Å²) in [5.74, 6) is 2.48. The Hall–Kier alpha value is -2.27. The summed E-state index contributed by atoms with van der Waals surface area (Å²) < 4.78 is 10.8. The number of amides is 1. The second-order valence-electron chi connectivity index (χ2n) is 6.41. The van der Waals surface area contributed by atoms with Gasteiger partial charge in [0, 0.05) is 24.3 Å². The molecule has 26 heavy (non-hydrogen) atoms. The fraction of sp³-hybridized carbons (Fsp3) is 0.368. The third kappa shape index (κ3) is 4.67. The summed E-state index contributed by atoms with van der Waals surface area (Å²) in [4.78, 5) is 15.4. The van der Waals surface area contributed by atoms with Gasteiger partial charge in [-0.1, -0.05) is 5.92 Å². The van der Waals surface area contributed by atoms with E-state index < -0.39 is 16.4 Å². The third-order valence-electron chi connectivity index (χ3n) is 3.78. The molecule has 2 atom stereocenters. The molecule has 1 amide bonds. The van der Waals surface area contributed by atoms with Crippen molar-refractivity contribution in [1.29, 1.82) is 0 Å². The number of aromatic nitrogens is 1. The number of pyridine rings is 1. The van der Waals surface area contributed by atoms with Gasteiger partial charge >= 0.3 is 0 Å². The van der Waals surface area contributed by atoms with Crippen LogP contribution >= 0.6 is 12.6 Å². The molecule has 1 heterocycles. The number of aliphatic hydroxyl groups is 1. The maximum atomic E-state index is 12.6. The van der Waals surface area contributed by atoms with Crippen LogP contribution in [0, 0.1) is 12.3 Å². The zero-order valence-corrected chi connectivity index (χ0v) is 15.8. The number of fused-ring (bicyclic) bond motifs is 1. The monoisotopic (exact) mass is 374 g/mol. The average Bonchev–Trinajstić information content (AvgIpc) is 2.60. The number of aliphatic hydroxyl groups excluding tert-OH is 1. The fourth-order valence-electron chi connectivity index (χ4n) is 2.36. The zero-order chi connectivity index (χ0) is 19.4. The van der Waals surface area contributed by atoms with E-state index in [-0.39, 0.29) is 13.2 Å². The lowest BCUT2D eigenvalue weighted by Crippen LogP contribution is -2.58. The quantitative estimate of drug-likeness (QED) is 0.391. The van der Waals surface area contributed by atoms with Gasteiger partial charge in [0.1, 0.15) is 5.75 Å². The first-order chi connectivity index (χ1) is 12.2. The molecule has 2 N–H and O–H groups in total. The molecule has 6 nitrogen and oxygen atoms in total. The highest BCUT2D eigenvalue weighted by atomic mass is 32.1. The molecule has 0 aliphatic heterocycles. The highest BCUT2D eigenvalue weighted by molar-refractivity contribution is 7.82. The number of nitrogens with zero attached hydrogens (tertiary/aromatic N) is 1. The first-order valence-electron chi connectivity index (χ1n) is 7.93. The van der Waals surface area contributed by atoms with E-state index in [0.717, 1.165) is 10.9 Å². The molecule has 1 aromatic carbocycles. The van der Waals surface area contributed by atoms with Crippen molar-refractivity contribution in [2.45, 2.75) is 24.3 Å². The smallest absolute Gasteiger partial charge is 0.274 e. The summed E-state index contributed by atoms with van der Waals surface area (Å²) in [6.45, 7) is 3.06. The first kappa shape index (κ1) is 20.0. The minimum absolute atomic E-state index is 0.148. The number of carbonyl (C=O) groups excluding carboxylic acids is 1. The molecule has 2 rings (SSSR count). The van der Waals surface area contributed by atoms with Crippen LogP contribution in [0.25, 0.3) is 10.9 Å². The third-order valence-corrected chi connectivity index (χ3v) is 4.08. The number of terminal acetylenes is 1. The van der Waals surface area contributed by atoms with Crippen LogP contribution in [0.2, 0.25) is 0 Å². The average molecular weight is 374 g/mol. The van der Waals surface area contributed by atoms with Crippen LogP contribution in [-0.4, -0.2) is 46.8 Å². The summed E-state index contributed by atoms with van der Waals surface area (Å²) in [7, 11) is 1.49. The number of hydrogen-bond acceptors (Lipinski definition) is 6. The van der Waals surface area contributed by atoms with E-state index in [4.69, 9.17) is 15.9 Å². The summed E-state index contributed by atoms with van der Waals surface area (Å²) in [6.07, 6.45) is 7.02. The van der Waals surface area contributed by atoms with Gasteiger partial charge in [-0.15, -0.1) is 19.1 Å². The van der Waals surface area contributed by atoms with Gasteiger partial charge in [-0.25, -0.2) is 0 Å². The van der Waals surface area contributed by atoms with Gasteiger partial charge in [0.05, 0.1) is 24.3 Å². The summed E-state index contributed by atoms with van der Waals surface area (Å²) in [5, 5.41) is 13.0. The van der Waals surface area contributed by atoms with Crippen LogP contribution in [-0.2, 0) is 9.53 Å². The van der Waals surface area contributed by atoms with Crippen LogP contribution in [0.15, 0.2) is 30.5 Å². The second kappa shape index (κ2) is 7.96. The van der Waals surface area contributed by atoms with Gasteiger partial charge in [-0.05, 0) is 38.1 Å². The van der Waals surface area contributed by atoms with E-state index in [1.165, 1.54) is 14.0 Å². The Kier molecular flexibility index (Phi) is 6.13. The molecular weight excluding hydrogens is 352 g/mol. The van der Waals surface area contributed by atoms with Crippen molar-refractivity contribution in [2.75, 3.05) is 20.3 Å². The zero-order valence-electron chi connectivity index (χ0n) is 14.9. The minimum atomic E-state index is -1.46. The molecule has 0 fully saturated rings. The normalized spacial score (nSPS) is 15.5. The molecule has 0 bridgehead atoms. The van der Waals surface area contributed by atoms with Gasteiger partial charge in [-0.2, -0.15) is 0 Å². The number of methoxy groups -OCH3 is 1. The van der Waals surface area contributed by atoms with Crippen molar-refractivity contribution < 1.29 is 19.4 Å². The van der Waals surface area contributed by atoms with E-state index in [1.807, 2.05) is 6.07 Å². The van der Waals surface area contributed by atoms with Gasteiger partial charge in [0.25, 0.3) is 5.91 Å². The Balaban J connectivity index is 2.21. The Morgan fingerprint density at radius 2 is 2.15 bits per heavy atom. The molecule has 0 saturated carbocycles. The second-order valence-corrected chi connectivity index (χ2v) is 7.27. The molecule has 1 aromatic heterocycles. The number of carbonyl (C=O) groups is 1. The minimum Gasteiger partial charge on any atom is -0.468 e. The van der Waals surface area contributed by atoms with E-state index in [1.54, 1.807) is 31.3 Å². The van der Waals surface area contributed by atoms with Crippen LogP contribution in [0.1, 0.15) is 19.4 Å². The van der Waals surface area contributed by atoms with Crippen molar-refractivity contribution in [1.82, 2.24) is 10.3 Å². The molecule has 0 radical (unpaired) electrons. The number of nitrogens with one attached hydrogen (secondary N) is 1. The summed E-state index contributed by atoms with van der Waals surface area (Å²) in [5.41, 5.74) is 0.475. The number of hydrogen-bond donors (Lipinski definition) is 3. The molecule has 0 spiro atoms. The maximum Gasteiger partial charge on any atom is 0.274 e. The lowest BCUT2D eigenvalue weighted by atomic mass is 10.0. The Labute approximate surface area is 158 Å². The van der Waals surface area contributed by atoms with E-state index in [9.17, 15) is 9.90 Å². The maximum absolute atomic E-state index is 12.6. The molecular formula is C19H22N2O4S. The van der Waals surface area contributed by atoms with Gasteiger partial charge in [0.15, 0.2) is 0 Å². The van der Waals surface area contributed by atoms with Crippen molar-refractivity contribution in [3.63, 3.8) is 0 Å². The molecule has 7 heteroatoms. The van der Waals surface area contributed by atoms with E-state index >= 15 is 0 Å². The Morgan fingerprint density at radius 1 is 1.42 bits per heavy atom. The number of rotatable bonds is 7.